The molecule has 0 unspecified atom stereocenters. The highest BCUT2D eigenvalue weighted by Gasteiger charge is 2.34. The number of rotatable bonds is 1. The molecule has 3 rings (SSSR count). The maximum atomic E-state index is 12.5. The first-order valence-corrected chi connectivity index (χ1v) is 9.20. The standard InChI is InChI=1S/C17H22N2O2S/c1-12-6-8-15(9-7-12)16-14(3)17(18-22(16,20)21)19-10-4-5-13(2)11-19/h6-9,13H,4-5,10-11H2,1-3H3/t13-/m1/s1. The summed E-state index contributed by atoms with van der Waals surface area (Å²) >= 11 is 0. The van der Waals surface area contributed by atoms with Crippen molar-refractivity contribution in [2.24, 2.45) is 10.3 Å². The van der Waals surface area contributed by atoms with Gasteiger partial charge in [-0.05, 0) is 38.2 Å². The van der Waals surface area contributed by atoms with Crippen molar-refractivity contribution in [3.05, 3.63) is 41.0 Å². The number of amidine groups is 1. The maximum absolute atomic E-state index is 12.5. The monoisotopic (exact) mass is 318 g/mol. The molecule has 118 valence electrons. The minimum atomic E-state index is -3.59. The van der Waals surface area contributed by atoms with E-state index in [9.17, 15) is 8.42 Å². The van der Waals surface area contributed by atoms with E-state index in [4.69, 9.17) is 0 Å². The molecule has 2 heterocycles. The molecule has 2 aliphatic rings. The Labute approximate surface area is 132 Å². The zero-order valence-corrected chi connectivity index (χ0v) is 14.2. The number of sulfonamides is 1. The van der Waals surface area contributed by atoms with E-state index < -0.39 is 10.0 Å². The molecule has 1 saturated heterocycles. The van der Waals surface area contributed by atoms with Crippen LogP contribution in [0.15, 0.2) is 34.2 Å². The van der Waals surface area contributed by atoms with Crippen LogP contribution in [0, 0.1) is 12.8 Å². The predicted octanol–water partition coefficient (Wildman–Crippen LogP) is 3.20. The molecule has 1 aromatic rings. The second-order valence-electron chi connectivity index (χ2n) is 6.40. The van der Waals surface area contributed by atoms with Crippen LogP contribution in [0.2, 0.25) is 0 Å². The molecule has 0 N–H and O–H groups in total. The lowest BCUT2D eigenvalue weighted by molar-refractivity contribution is 0.274. The summed E-state index contributed by atoms with van der Waals surface area (Å²) in [4.78, 5) is 2.49. The summed E-state index contributed by atoms with van der Waals surface area (Å²) in [6, 6.07) is 7.60. The fraction of sp³-hybridized carbons (Fsp3) is 0.471. The first-order valence-electron chi connectivity index (χ1n) is 7.76. The van der Waals surface area contributed by atoms with Gasteiger partial charge in [0.05, 0.1) is 0 Å². The van der Waals surface area contributed by atoms with Gasteiger partial charge in [-0.25, -0.2) is 0 Å². The van der Waals surface area contributed by atoms with E-state index in [-0.39, 0.29) is 0 Å². The van der Waals surface area contributed by atoms with Crippen LogP contribution in [0.3, 0.4) is 0 Å². The van der Waals surface area contributed by atoms with Gasteiger partial charge in [0.1, 0.15) is 10.7 Å². The predicted molar refractivity (Wildman–Crippen MR) is 90.1 cm³/mol. The third-order valence-electron chi connectivity index (χ3n) is 4.41. The largest absolute Gasteiger partial charge is 0.355 e. The second-order valence-corrected chi connectivity index (χ2v) is 7.94. The molecule has 1 atom stereocenters. The van der Waals surface area contributed by atoms with Crippen LogP contribution in [-0.4, -0.2) is 32.2 Å². The highest BCUT2D eigenvalue weighted by atomic mass is 32.2. The lowest BCUT2D eigenvalue weighted by Crippen LogP contribution is -2.39. The summed E-state index contributed by atoms with van der Waals surface area (Å²) in [7, 11) is -3.59. The van der Waals surface area contributed by atoms with E-state index >= 15 is 0 Å². The minimum absolute atomic E-state index is 0.362. The van der Waals surface area contributed by atoms with Crippen LogP contribution in [0.4, 0.5) is 0 Å². The summed E-state index contributed by atoms with van der Waals surface area (Å²) in [5.74, 6) is 1.22. The maximum Gasteiger partial charge on any atom is 0.285 e. The van der Waals surface area contributed by atoms with Crippen molar-refractivity contribution < 1.29 is 8.42 Å². The molecule has 0 amide bonds. The van der Waals surface area contributed by atoms with Crippen LogP contribution in [-0.2, 0) is 10.0 Å². The van der Waals surface area contributed by atoms with Gasteiger partial charge < -0.3 is 4.90 Å². The summed E-state index contributed by atoms with van der Waals surface area (Å²) in [6.45, 7) is 7.84. The second kappa shape index (κ2) is 5.54. The highest BCUT2D eigenvalue weighted by molar-refractivity contribution is 8.00. The van der Waals surface area contributed by atoms with Gasteiger partial charge in [0.2, 0.25) is 0 Å². The molecule has 5 heteroatoms. The molecule has 22 heavy (non-hydrogen) atoms. The molecule has 1 aromatic carbocycles. The fourth-order valence-corrected chi connectivity index (χ4v) is 4.75. The third-order valence-corrected chi connectivity index (χ3v) is 5.88. The van der Waals surface area contributed by atoms with Crippen molar-refractivity contribution in [3.8, 4) is 0 Å². The Morgan fingerprint density at radius 1 is 1.18 bits per heavy atom. The summed E-state index contributed by atoms with van der Waals surface area (Å²) in [5.41, 5.74) is 2.62. The number of piperidine rings is 1. The van der Waals surface area contributed by atoms with Crippen molar-refractivity contribution >= 4 is 20.8 Å². The lowest BCUT2D eigenvalue weighted by atomic mass is 9.99. The van der Waals surface area contributed by atoms with E-state index in [1.807, 2.05) is 38.1 Å². The molecule has 0 bridgehead atoms. The smallest absolute Gasteiger partial charge is 0.285 e. The zero-order chi connectivity index (χ0) is 15.9. The minimum Gasteiger partial charge on any atom is -0.355 e. The van der Waals surface area contributed by atoms with Crippen molar-refractivity contribution in [2.45, 2.75) is 33.6 Å². The zero-order valence-electron chi connectivity index (χ0n) is 13.3. The van der Waals surface area contributed by atoms with Gasteiger partial charge in [-0.3, -0.25) is 0 Å². The Hall–Kier alpha value is -1.62. The molecular formula is C17H22N2O2S. The Bertz CT molecular complexity index is 745. The molecular weight excluding hydrogens is 296 g/mol. The van der Waals surface area contributed by atoms with Crippen LogP contribution in [0.25, 0.3) is 4.91 Å². The van der Waals surface area contributed by atoms with Gasteiger partial charge in [0.15, 0.2) is 0 Å². The summed E-state index contributed by atoms with van der Waals surface area (Å²) in [6.07, 6.45) is 2.29. The fourth-order valence-electron chi connectivity index (χ4n) is 3.27. The van der Waals surface area contributed by atoms with Crippen LogP contribution >= 0.6 is 0 Å². The Balaban J connectivity index is 2.02. The number of hydrogen-bond acceptors (Lipinski definition) is 3. The third kappa shape index (κ3) is 2.70. The number of hydrogen-bond donors (Lipinski definition) is 0. The van der Waals surface area contributed by atoms with Crippen molar-refractivity contribution in [2.75, 3.05) is 13.1 Å². The average molecular weight is 318 g/mol. The molecule has 0 saturated carbocycles. The molecule has 0 spiro atoms. The number of likely N-dealkylation sites (tertiary alicyclic amines) is 1. The Morgan fingerprint density at radius 2 is 1.86 bits per heavy atom. The Kier molecular flexibility index (Phi) is 3.85. The first-order chi connectivity index (χ1) is 10.4. The molecule has 1 fully saturated rings. The van der Waals surface area contributed by atoms with E-state index in [1.165, 1.54) is 6.42 Å². The van der Waals surface area contributed by atoms with Crippen LogP contribution in [0.5, 0.6) is 0 Å². The molecule has 0 aromatic heterocycles. The SMILES string of the molecule is CC1=C(c2ccc(C)cc2)S(=O)(=O)N=C1N1CCC[C@@H](C)C1. The normalized spacial score (nSPS) is 24.6. The van der Waals surface area contributed by atoms with E-state index in [0.717, 1.165) is 36.2 Å². The summed E-state index contributed by atoms with van der Waals surface area (Å²) < 4.78 is 29.1. The van der Waals surface area contributed by atoms with Gasteiger partial charge in [-0.2, -0.15) is 8.42 Å². The van der Waals surface area contributed by atoms with Crippen molar-refractivity contribution in [1.29, 1.82) is 0 Å². The van der Waals surface area contributed by atoms with Crippen molar-refractivity contribution in [1.82, 2.24) is 4.90 Å². The van der Waals surface area contributed by atoms with E-state index in [1.54, 1.807) is 0 Å². The average Bonchev–Trinajstić information content (AvgIpc) is 2.70. The molecule has 2 aliphatic heterocycles. The topological polar surface area (TPSA) is 49.7 Å². The summed E-state index contributed by atoms with van der Waals surface area (Å²) in [5, 5.41) is 0. The first kappa shape index (κ1) is 15.3. The molecule has 4 nitrogen and oxygen atoms in total. The van der Waals surface area contributed by atoms with Crippen molar-refractivity contribution in [3.63, 3.8) is 0 Å². The van der Waals surface area contributed by atoms with E-state index in [0.29, 0.717) is 16.7 Å². The Morgan fingerprint density at radius 3 is 2.50 bits per heavy atom. The highest BCUT2D eigenvalue weighted by Crippen LogP contribution is 2.34. The van der Waals surface area contributed by atoms with Gasteiger partial charge in [0.25, 0.3) is 10.0 Å². The molecule has 0 radical (unpaired) electrons. The van der Waals surface area contributed by atoms with Gasteiger partial charge in [0, 0.05) is 18.7 Å². The van der Waals surface area contributed by atoms with E-state index in [2.05, 4.69) is 16.2 Å². The number of benzene rings is 1. The van der Waals surface area contributed by atoms with Gasteiger partial charge >= 0.3 is 0 Å². The van der Waals surface area contributed by atoms with Crippen LogP contribution < -0.4 is 0 Å². The van der Waals surface area contributed by atoms with Gasteiger partial charge in [-0.1, -0.05) is 36.8 Å². The van der Waals surface area contributed by atoms with Gasteiger partial charge in [-0.15, -0.1) is 4.40 Å². The van der Waals surface area contributed by atoms with Crippen LogP contribution in [0.1, 0.15) is 37.8 Å². The molecule has 0 aliphatic carbocycles. The quantitative estimate of drug-likeness (QED) is 0.799. The lowest BCUT2D eigenvalue weighted by Gasteiger charge is -2.32. The number of nitrogens with zero attached hydrogens (tertiary/aromatic N) is 2. The number of aryl methyl sites for hydroxylation is 1.